The molecule has 4 heteroatoms. The summed E-state index contributed by atoms with van der Waals surface area (Å²) >= 11 is 0. The van der Waals surface area contributed by atoms with Crippen molar-refractivity contribution in [2.75, 3.05) is 0 Å². The number of rotatable bonds is 1. The molecule has 2 unspecified atom stereocenters. The van der Waals surface area contributed by atoms with Gasteiger partial charge in [-0.15, -0.1) is 0 Å². The molecule has 1 aromatic heterocycles. The minimum Gasteiger partial charge on any atom is -0.364 e. The Hall–Kier alpha value is -0.840. The van der Waals surface area contributed by atoms with E-state index in [0.717, 1.165) is 6.42 Å². The molecular formula is C7H12N4. The molecular weight excluding hydrogens is 140 g/mol. The SMILES string of the molecule is NC1CC(c2ccc[nH]2)NN1. The zero-order valence-corrected chi connectivity index (χ0v) is 6.17. The van der Waals surface area contributed by atoms with Crippen LogP contribution in [0.15, 0.2) is 18.3 Å². The largest absolute Gasteiger partial charge is 0.364 e. The highest BCUT2D eigenvalue weighted by atomic mass is 15.4. The van der Waals surface area contributed by atoms with Gasteiger partial charge in [-0.05, 0) is 18.6 Å². The molecule has 1 saturated heterocycles. The van der Waals surface area contributed by atoms with Gasteiger partial charge in [0.05, 0.1) is 12.2 Å². The van der Waals surface area contributed by atoms with Crippen LogP contribution in [0, 0.1) is 0 Å². The Morgan fingerprint density at radius 3 is 2.91 bits per heavy atom. The molecule has 0 amide bonds. The van der Waals surface area contributed by atoms with Gasteiger partial charge in [0.1, 0.15) is 0 Å². The summed E-state index contributed by atoms with van der Waals surface area (Å²) in [5.41, 5.74) is 12.9. The second-order valence-electron chi connectivity index (χ2n) is 2.81. The average Bonchev–Trinajstić information content (AvgIpc) is 2.55. The molecule has 2 rings (SSSR count). The van der Waals surface area contributed by atoms with Gasteiger partial charge in [0.15, 0.2) is 0 Å². The van der Waals surface area contributed by atoms with Crippen LogP contribution in [-0.2, 0) is 0 Å². The van der Waals surface area contributed by atoms with E-state index in [4.69, 9.17) is 5.73 Å². The van der Waals surface area contributed by atoms with Crippen LogP contribution in [0.5, 0.6) is 0 Å². The van der Waals surface area contributed by atoms with Gasteiger partial charge in [0.25, 0.3) is 0 Å². The summed E-state index contributed by atoms with van der Waals surface area (Å²) in [4.78, 5) is 3.14. The van der Waals surface area contributed by atoms with E-state index in [-0.39, 0.29) is 6.17 Å². The smallest absolute Gasteiger partial charge is 0.0698 e. The van der Waals surface area contributed by atoms with Crippen LogP contribution in [0.25, 0.3) is 0 Å². The molecule has 1 fully saturated rings. The van der Waals surface area contributed by atoms with Crippen LogP contribution in [-0.4, -0.2) is 11.1 Å². The molecule has 60 valence electrons. The van der Waals surface area contributed by atoms with Crippen molar-refractivity contribution in [3.8, 4) is 0 Å². The third kappa shape index (κ3) is 1.28. The highest BCUT2D eigenvalue weighted by molar-refractivity contribution is 5.10. The van der Waals surface area contributed by atoms with Gasteiger partial charge in [-0.1, -0.05) is 0 Å². The Labute approximate surface area is 65.1 Å². The Bertz CT molecular complexity index is 218. The molecule has 1 aromatic rings. The quantitative estimate of drug-likeness (QED) is 0.452. The minimum atomic E-state index is 0.0725. The fourth-order valence-electron chi connectivity index (χ4n) is 1.35. The van der Waals surface area contributed by atoms with E-state index >= 15 is 0 Å². The molecule has 1 aliphatic rings. The van der Waals surface area contributed by atoms with Crippen molar-refractivity contribution in [1.29, 1.82) is 0 Å². The maximum Gasteiger partial charge on any atom is 0.0698 e. The molecule has 0 saturated carbocycles. The molecule has 1 aliphatic heterocycles. The highest BCUT2D eigenvalue weighted by Gasteiger charge is 2.21. The first kappa shape index (κ1) is 6.84. The van der Waals surface area contributed by atoms with Gasteiger partial charge in [-0.3, -0.25) is 0 Å². The summed E-state index contributed by atoms with van der Waals surface area (Å²) in [5, 5.41) is 0. The molecule has 0 aromatic carbocycles. The van der Waals surface area contributed by atoms with Gasteiger partial charge in [-0.2, -0.15) is 0 Å². The van der Waals surface area contributed by atoms with E-state index < -0.39 is 0 Å². The standard InChI is InChI=1S/C7H12N4/c8-7-4-6(10-11-7)5-2-1-3-9-5/h1-3,6-7,9-11H,4,8H2. The lowest BCUT2D eigenvalue weighted by Gasteiger charge is -2.04. The Morgan fingerprint density at radius 2 is 2.36 bits per heavy atom. The number of nitrogens with one attached hydrogen (secondary N) is 3. The molecule has 11 heavy (non-hydrogen) atoms. The lowest BCUT2D eigenvalue weighted by atomic mass is 10.1. The summed E-state index contributed by atoms with van der Waals surface area (Å²) in [7, 11) is 0. The normalized spacial score (nSPS) is 31.0. The molecule has 0 radical (unpaired) electrons. The van der Waals surface area contributed by atoms with Crippen molar-refractivity contribution < 1.29 is 0 Å². The number of hydrazine groups is 1. The topological polar surface area (TPSA) is 65.9 Å². The first-order valence-electron chi connectivity index (χ1n) is 3.76. The monoisotopic (exact) mass is 152 g/mol. The molecule has 4 nitrogen and oxygen atoms in total. The van der Waals surface area contributed by atoms with Gasteiger partial charge < -0.3 is 10.7 Å². The first-order chi connectivity index (χ1) is 5.36. The van der Waals surface area contributed by atoms with Crippen LogP contribution in [0.1, 0.15) is 18.2 Å². The van der Waals surface area contributed by atoms with Crippen molar-refractivity contribution in [2.45, 2.75) is 18.6 Å². The summed E-state index contributed by atoms with van der Waals surface area (Å²) in [6.07, 6.45) is 2.92. The van der Waals surface area contributed by atoms with Crippen molar-refractivity contribution in [3.63, 3.8) is 0 Å². The fraction of sp³-hybridized carbons (Fsp3) is 0.429. The van der Waals surface area contributed by atoms with Gasteiger partial charge in [0.2, 0.25) is 0 Å². The molecule has 5 N–H and O–H groups in total. The van der Waals surface area contributed by atoms with E-state index in [1.807, 2.05) is 12.3 Å². The number of aromatic nitrogens is 1. The Morgan fingerprint density at radius 1 is 1.45 bits per heavy atom. The van der Waals surface area contributed by atoms with E-state index in [1.54, 1.807) is 0 Å². The van der Waals surface area contributed by atoms with E-state index in [9.17, 15) is 0 Å². The number of hydrogen-bond acceptors (Lipinski definition) is 3. The second kappa shape index (κ2) is 2.65. The number of nitrogens with two attached hydrogens (primary N) is 1. The zero-order valence-electron chi connectivity index (χ0n) is 6.17. The van der Waals surface area contributed by atoms with E-state index in [1.165, 1.54) is 5.69 Å². The Kier molecular flexibility index (Phi) is 1.65. The predicted octanol–water partition coefficient (Wildman–Crippen LogP) is -0.162. The maximum absolute atomic E-state index is 5.64. The molecule has 2 heterocycles. The highest BCUT2D eigenvalue weighted by Crippen LogP contribution is 2.17. The average molecular weight is 152 g/mol. The van der Waals surface area contributed by atoms with Crippen molar-refractivity contribution in [2.24, 2.45) is 5.73 Å². The van der Waals surface area contributed by atoms with Gasteiger partial charge in [0, 0.05) is 11.9 Å². The molecule has 0 aliphatic carbocycles. The summed E-state index contributed by atoms with van der Waals surface area (Å²) in [6, 6.07) is 4.37. The minimum absolute atomic E-state index is 0.0725. The molecule has 0 spiro atoms. The van der Waals surface area contributed by atoms with Crippen LogP contribution in [0.2, 0.25) is 0 Å². The summed E-state index contributed by atoms with van der Waals surface area (Å²) < 4.78 is 0. The van der Waals surface area contributed by atoms with Crippen molar-refractivity contribution in [3.05, 3.63) is 24.0 Å². The number of aromatic amines is 1. The Balaban J connectivity index is 2.08. The van der Waals surface area contributed by atoms with Gasteiger partial charge >= 0.3 is 0 Å². The van der Waals surface area contributed by atoms with Gasteiger partial charge in [-0.25, -0.2) is 10.9 Å². The molecule has 0 bridgehead atoms. The van der Waals surface area contributed by atoms with Crippen LogP contribution >= 0.6 is 0 Å². The number of H-pyrrole nitrogens is 1. The fourth-order valence-corrected chi connectivity index (χ4v) is 1.35. The first-order valence-corrected chi connectivity index (χ1v) is 3.76. The zero-order chi connectivity index (χ0) is 7.68. The third-order valence-electron chi connectivity index (χ3n) is 1.93. The van der Waals surface area contributed by atoms with Crippen LogP contribution in [0.3, 0.4) is 0 Å². The van der Waals surface area contributed by atoms with Crippen molar-refractivity contribution in [1.82, 2.24) is 15.8 Å². The second-order valence-corrected chi connectivity index (χ2v) is 2.81. The third-order valence-corrected chi connectivity index (χ3v) is 1.93. The lowest BCUT2D eigenvalue weighted by Crippen LogP contribution is -2.36. The molecule has 2 atom stereocenters. The summed E-state index contributed by atoms with van der Waals surface area (Å²) in [6.45, 7) is 0. The van der Waals surface area contributed by atoms with E-state index in [2.05, 4.69) is 21.9 Å². The van der Waals surface area contributed by atoms with Crippen LogP contribution < -0.4 is 16.6 Å². The predicted molar refractivity (Wildman–Crippen MR) is 42.4 cm³/mol. The van der Waals surface area contributed by atoms with Crippen LogP contribution in [0.4, 0.5) is 0 Å². The van der Waals surface area contributed by atoms with E-state index in [0.29, 0.717) is 6.04 Å². The van der Waals surface area contributed by atoms with Crippen molar-refractivity contribution >= 4 is 0 Å². The summed E-state index contributed by atoms with van der Waals surface area (Å²) in [5.74, 6) is 0. The number of hydrogen-bond donors (Lipinski definition) is 4. The lowest BCUT2D eigenvalue weighted by molar-refractivity contribution is 0.547. The maximum atomic E-state index is 5.64.